The minimum atomic E-state index is 0.433. The summed E-state index contributed by atoms with van der Waals surface area (Å²) >= 11 is 2.03. The fraction of sp³-hybridized carbons (Fsp3) is 0.667. The van der Waals surface area contributed by atoms with Crippen molar-refractivity contribution in [1.29, 1.82) is 0 Å². The smallest absolute Gasteiger partial charge is 0.0107 e. The van der Waals surface area contributed by atoms with E-state index in [1.54, 1.807) is 5.56 Å². The Bertz CT molecular complexity index is 456. The Morgan fingerprint density at radius 1 is 1.25 bits per heavy atom. The van der Waals surface area contributed by atoms with Crippen molar-refractivity contribution < 1.29 is 0 Å². The SMILES string of the molecule is CC(C)C1CCC(N)C(CC2CSc3ccccc32)C1. The van der Waals surface area contributed by atoms with Crippen LogP contribution in [0.25, 0.3) is 0 Å². The van der Waals surface area contributed by atoms with Crippen molar-refractivity contribution in [2.45, 2.75) is 56.4 Å². The number of hydrogen-bond donors (Lipinski definition) is 1. The summed E-state index contributed by atoms with van der Waals surface area (Å²) in [4.78, 5) is 1.50. The molecule has 1 aliphatic carbocycles. The summed E-state index contributed by atoms with van der Waals surface area (Å²) in [5.41, 5.74) is 8.01. The van der Waals surface area contributed by atoms with E-state index in [0.717, 1.165) is 23.7 Å². The van der Waals surface area contributed by atoms with E-state index in [1.165, 1.54) is 36.3 Å². The lowest BCUT2D eigenvalue weighted by Gasteiger charge is -2.37. The zero-order valence-electron chi connectivity index (χ0n) is 12.7. The molecule has 1 aromatic carbocycles. The lowest BCUT2D eigenvalue weighted by molar-refractivity contribution is 0.177. The van der Waals surface area contributed by atoms with Gasteiger partial charge in [0.05, 0.1) is 0 Å². The Balaban J connectivity index is 1.68. The third-order valence-corrected chi connectivity index (χ3v) is 6.66. The van der Waals surface area contributed by atoms with Gasteiger partial charge in [-0.05, 0) is 61.0 Å². The van der Waals surface area contributed by atoms with Gasteiger partial charge in [-0.2, -0.15) is 0 Å². The lowest BCUT2D eigenvalue weighted by Crippen LogP contribution is -2.38. The molecule has 0 amide bonds. The fourth-order valence-electron chi connectivity index (χ4n) is 3.99. The van der Waals surface area contributed by atoms with Gasteiger partial charge >= 0.3 is 0 Å². The normalized spacial score (nSPS) is 33.4. The van der Waals surface area contributed by atoms with E-state index in [-0.39, 0.29) is 0 Å². The third kappa shape index (κ3) is 2.92. The van der Waals surface area contributed by atoms with Crippen LogP contribution in [0.15, 0.2) is 29.2 Å². The molecule has 0 aromatic heterocycles. The second-order valence-electron chi connectivity index (χ2n) is 7.02. The van der Waals surface area contributed by atoms with E-state index in [2.05, 4.69) is 38.1 Å². The van der Waals surface area contributed by atoms with Gasteiger partial charge in [0.15, 0.2) is 0 Å². The second kappa shape index (κ2) is 6.11. The number of rotatable bonds is 3. The zero-order chi connectivity index (χ0) is 14.1. The van der Waals surface area contributed by atoms with Gasteiger partial charge in [0.2, 0.25) is 0 Å². The Morgan fingerprint density at radius 3 is 2.85 bits per heavy atom. The van der Waals surface area contributed by atoms with Crippen LogP contribution in [-0.2, 0) is 0 Å². The van der Waals surface area contributed by atoms with Crippen molar-refractivity contribution in [2.24, 2.45) is 23.5 Å². The van der Waals surface area contributed by atoms with Crippen molar-refractivity contribution in [3.05, 3.63) is 29.8 Å². The summed E-state index contributed by atoms with van der Waals surface area (Å²) in [5.74, 6) is 4.43. The Hall–Kier alpha value is -0.470. The molecular formula is C18H27NS. The molecule has 2 aliphatic rings. The van der Waals surface area contributed by atoms with Crippen LogP contribution in [0.3, 0.4) is 0 Å². The molecule has 1 aromatic rings. The van der Waals surface area contributed by atoms with Crippen molar-refractivity contribution in [1.82, 2.24) is 0 Å². The second-order valence-corrected chi connectivity index (χ2v) is 8.08. The predicted molar refractivity (Wildman–Crippen MR) is 88.2 cm³/mol. The highest BCUT2D eigenvalue weighted by Gasteiger charge is 2.33. The van der Waals surface area contributed by atoms with Crippen molar-refractivity contribution in [3.8, 4) is 0 Å². The third-order valence-electron chi connectivity index (χ3n) is 5.41. The van der Waals surface area contributed by atoms with Gasteiger partial charge < -0.3 is 5.73 Å². The number of fused-ring (bicyclic) bond motifs is 1. The summed E-state index contributed by atoms with van der Waals surface area (Å²) in [7, 11) is 0. The first kappa shape index (κ1) is 14.5. The Morgan fingerprint density at radius 2 is 2.05 bits per heavy atom. The van der Waals surface area contributed by atoms with Gasteiger partial charge in [-0.1, -0.05) is 32.0 Å². The maximum Gasteiger partial charge on any atom is 0.0107 e. The predicted octanol–water partition coefficient (Wildman–Crippen LogP) is 4.67. The summed E-state index contributed by atoms with van der Waals surface area (Å²) < 4.78 is 0. The maximum absolute atomic E-state index is 6.43. The number of hydrogen-bond acceptors (Lipinski definition) is 2. The van der Waals surface area contributed by atoms with Gasteiger partial charge in [0.1, 0.15) is 0 Å². The molecule has 0 bridgehead atoms. The summed E-state index contributed by atoms with van der Waals surface area (Å²) in [6.45, 7) is 4.75. The summed E-state index contributed by atoms with van der Waals surface area (Å²) in [6, 6.07) is 9.39. The first-order valence-corrected chi connectivity index (χ1v) is 9.11. The molecule has 1 fully saturated rings. The molecule has 1 nitrogen and oxygen atoms in total. The van der Waals surface area contributed by atoms with E-state index in [9.17, 15) is 0 Å². The van der Waals surface area contributed by atoms with Gasteiger partial charge in [0, 0.05) is 16.7 Å². The number of thioether (sulfide) groups is 1. The fourth-order valence-corrected chi connectivity index (χ4v) is 5.26. The molecule has 110 valence electrons. The minimum Gasteiger partial charge on any atom is -0.327 e. The van der Waals surface area contributed by atoms with Gasteiger partial charge in [-0.25, -0.2) is 0 Å². The molecule has 0 radical (unpaired) electrons. The van der Waals surface area contributed by atoms with E-state index in [1.807, 2.05) is 11.8 Å². The summed E-state index contributed by atoms with van der Waals surface area (Å²) in [6.07, 6.45) is 5.22. The van der Waals surface area contributed by atoms with Crippen LogP contribution >= 0.6 is 11.8 Å². The monoisotopic (exact) mass is 289 g/mol. The highest BCUT2D eigenvalue weighted by molar-refractivity contribution is 7.99. The van der Waals surface area contributed by atoms with Gasteiger partial charge in [0.25, 0.3) is 0 Å². The van der Waals surface area contributed by atoms with E-state index >= 15 is 0 Å². The number of nitrogens with two attached hydrogens (primary N) is 1. The molecule has 2 heteroatoms. The van der Waals surface area contributed by atoms with Crippen molar-refractivity contribution in [2.75, 3.05) is 5.75 Å². The van der Waals surface area contributed by atoms with Crippen LogP contribution in [0.2, 0.25) is 0 Å². The zero-order valence-corrected chi connectivity index (χ0v) is 13.5. The maximum atomic E-state index is 6.43. The topological polar surface area (TPSA) is 26.0 Å². The highest BCUT2D eigenvalue weighted by Crippen LogP contribution is 2.45. The van der Waals surface area contributed by atoms with Crippen LogP contribution < -0.4 is 5.73 Å². The molecule has 20 heavy (non-hydrogen) atoms. The molecule has 4 unspecified atom stereocenters. The van der Waals surface area contributed by atoms with Crippen LogP contribution in [0.1, 0.15) is 51.0 Å². The van der Waals surface area contributed by atoms with E-state index in [4.69, 9.17) is 5.73 Å². The average Bonchev–Trinajstić information content (AvgIpc) is 2.84. The molecule has 3 rings (SSSR count). The molecular weight excluding hydrogens is 262 g/mol. The van der Waals surface area contributed by atoms with Crippen molar-refractivity contribution >= 4 is 11.8 Å². The average molecular weight is 289 g/mol. The first-order valence-electron chi connectivity index (χ1n) is 8.12. The molecule has 2 N–H and O–H groups in total. The largest absolute Gasteiger partial charge is 0.327 e. The highest BCUT2D eigenvalue weighted by atomic mass is 32.2. The standard InChI is InChI=1S/C18H27NS/c1-12(2)13-7-8-17(19)14(9-13)10-15-11-20-18-6-4-3-5-16(15)18/h3-6,12-15,17H,7-11,19H2,1-2H3. The van der Waals surface area contributed by atoms with Crippen molar-refractivity contribution in [3.63, 3.8) is 0 Å². The van der Waals surface area contributed by atoms with Gasteiger partial charge in [-0.3, -0.25) is 0 Å². The molecule has 4 atom stereocenters. The van der Waals surface area contributed by atoms with E-state index < -0.39 is 0 Å². The van der Waals surface area contributed by atoms with Crippen LogP contribution in [0.5, 0.6) is 0 Å². The summed E-state index contributed by atoms with van der Waals surface area (Å²) in [5, 5.41) is 0. The van der Waals surface area contributed by atoms with Crippen LogP contribution in [0.4, 0.5) is 0 Å². The van der Waals surface area contributed by atoms with Crippen LogP contribution in [0, 0.1) is 17.8 Å². The molecule has 0 saturated heterocycles. The molecule has 0 spiro atoms. The van der Waals surface area contributed by atoms with Crippen LogP contribution in [-0.4, -0.2) is 11.8 Å². The van der Waals surface area contributed by atoms with E-state index in [0.29, 0.717) is 6.04 Å². The minimum absolute atomic E-state index is 0.433. The Labute approximate surface area is 127 Å². The lowest BCUT2D eigenvalue weighted by atomic mass is 9.71. The quantitative estimate of drug-likeness (QED) is 0.875. The van der Waals surface area contributed by atoms with Gasteiger partial charge in [-0.15, -0.1) is 11.8 Å². The number of benzene rings is 1. The first-order chi connectivity index (χ1) is 9.65. The molecule has 1 saturated carbocycles. The Kier molecular flexibility index (Phi) is 4.42. The molecule has 1 heterocycles. The molecule has 1 aliphatic heterocycles.